The van der Waals surface area contributed by atoms with Gasteiger partial charge in [-0.2, -0.15) is 4.31 Å². The Hall–Kier alpha value is -0.990. The highest BCUT2D eigenvalue weighted by molar-refractivity contribution is 9.10. The molecule has 1 unspecified atom stereocenters. The lowest BCUT2D eigenvalue weighted by Gasteiger charge is -2.31. The molecule has 110 valence electrons. The average molecular weight is 366 g/mol. The summed E-state index contributed by atoms with van der Waals surface area (Å²) in [6.07, 6.45) is 1.58. The Morgan fingerprint density at radius 3 is 2.70 bits per heavy atom. The molecule has 1 fully saturated rings. The average Bonchev–Trinajstić information content (AvgIpc) is 2.41. The topological polar surface area (TPSA) is 74.7 Å². The van der Waals surface area contributed by atoms with Gasteiger partial charge in [0.15, 0.2) is 0 Å². The molecule has 1 aliphatic heterocycles. The lowest BCUT2D eigenvalue weighted by molar-refractivity contribution is -0.142. The van der Waals surface area contributed by atoms with Crippen molar-refractivity contribution in [1.29, 1.82) is 0 Å². The fourth-order valence-corrected chi connectivity index (χ4v) is 4.42. The molecule has 1 aliphatic rings. The number of carbonyl (C=O) groups is 1. The van der Waals surface area contributed by atoms with Gasteiger partial charge in [-0.15, -0.1) is 0 Å². The van der Waals surface area contributed by atoms with Gasteiger partial charge in [-0.3, -0.25) is 4.79 Å². The van der Waals surface area contributed by atoms with Gasteiger partial charge in [0.2, 0.25) is 10.0 Å². The molecular weight excluding hydrogens is 353 g/mol. The quantitative estimate of drug-likeness (QED) is 0.890. The summed E-state index contributed by atoms with van der Waals surface area (Å²) in [5.74, 6) is -1.73. The first kappa shape index (κ1) is 15.4. The van der Waals surface area contributed by atoms with E-state index in [2.05, 4.69) is 15.9 Å². The zero-order valence-corrected chi connectivity index (χ0v) is 12.8. The van der Waals surface area contributed by atoms with Gasteiger partial charge in [0.05, 0.1) is 9.37 Å². The van der Waals surface area contributed by atoms with E-state index in [0.717, 1.165) is 22.5 Å². The van der Waals surface area contributed by atoms with Crippen molar-refractivity contribution in [1.82, 2.24) is 4.31 Å². The monoisotopic (exact) mass is 365 g/mol. The Bertz CT molecular complexity index is 634. The van der Waals surface area contributed by atoms with E-state index in [-0.39, 0.29) is 22.3 Å². The molecule has 0 saturated carbocycles. The third-order valence-corrected chi connectivity index (χ3v) is 5.75. The second-order valence-electron chi connectivity index (χ2n) is 4.54. The Labute approximate surface area is 124 Å². The SMILES string of the molecule is O=C(O)C1CCCCN1S(=O)(=O)c1ccc(F)c(Br)c1. The summed E-state index contributed by atoms with van der Waals surface area (Å²) in [5, 5.41) is 9.14. The van der Waals surface area contributed by atoms with Crippen molar-refractivity contribution in [3.8, 4) is 0 Å². The van der Waals surface area contributed by atoms with Gasteiger partial charge in [-0.1, -0.05) is 0 Å². The standard InChI is InChI=1S/C12H13BrFNO4S/c13-9-7-8(4-5-10(9)14)20(18,19)15-6-2-1-3-11(15)12(16)17/h4-5,7,11H,1-3,6H2,(H,16,17). The van der Waals surface area contributed by atoms with E-state index in [1.54, 1.807) is 0 Å². The highest BCUT2D eigenvalue weighted by atomic mass is 79.9. The van der Waals surface area contributed by atoms with Crippen LogP contribution in [-0.4, -0.2) is 36.4 Å². The van der Waals surface area contributed by atoms with E-state index in [4.69, 9.17) is 5.11 Å². The van der Waals surface area contributed by atoms with Crippen molar-refractivity contribution in [3.63, 3.8) is 0 Å². The molecule has 1 aromatic rings. The van der Waals surface area contributed by atoms with Crippen molar-refractivity contribution in [3.05, 3.63) is 28.5 Å². The number of rotatable bonds is 3. The molecule has 0 spiro atoms. The molecular formula is C12H13BrFNO4S. The predicted octanol–water partition coefficient (Wildman–Crippen LogP) is 2.22. The minimum Gasteiger partial charge on any atom is -0.480 e. The van der Waals surface area contributed by atoms with Gasteiger partial charge in [-0.05, 0) is 53.4 Å². The van der Waals surface area contributed by atoms with Crippen molar-refractivity contribution >= 4 is 31.9 Å². The summed E-state index contributed by atoms with van der Waals surface area (Å²) in [6, 6.07) is 2.27. The molecule has 2 rings (SSSR count). The highest BCUT2D eigenvalue weighted by Gasteiger charge is 2.37. The van der Waals surface area contributed by atoms with Crippen LogP contribution < -0.4 is 0 Å². The van der Waals surface area contributed by atoms with Crippen LogP contribution in [0.25, 0.3) is 0 Å². The number of hydrogen-bond donors (Lipinski definition) is 1. The fourth-order valence-electron chi connectivity index (χ4n) is 2.21. The number of carboxylic acids is 1. The summed E-state index contributed by atoms with van der Waals surface area (Å²) in [4.78, 5) is 11.1. The van der Waals surface area contributed by atoms with E-state index in [1.165, 1.54) is 0 Å². The molecule has 1 heterocycles. The maximum absolute atomic E-state index is 13.2. The molecule has 0 bridgehead atoms. The molecule has 0 aromatic heterocycles. The molecule has 1 atom stereocenters. The molecule has 0 radical (unpaired) electrons. The minimum atomic E-state index is -3.94. The van der Waals surface area contributed by atoms with E-state index >= 15 is 0 Å². The molecule has 1 aromatic carbocycles. The smallest absolute Gasteiger partial charge is 0.322 e. The Morgan fingerprint density at radius 1 is 1.40 bits per heavy atom. The Kier molecular flexibility index (Phi) is 4.46. The second kappa shape index (κ2) is 5.79. The second-order valence-corrected chi connectivity index (χ2v) is 7.29. The number of carboxylic acid groups (broad SMARTS) is 1. The first-order valence-electron chi connectivity index (χ1n) is 6.04. The zero-order chi connectivity index (χ0) is 14.9. The largest absolute Gasteiger partial charge is 0.480 e. The third-order valence-electron chi connectivity index (χ3n) is 3.24. The van der Waals surface area contributed by atoms with E-state index < -0.39 is 27.9 Å². The van der Waals surface area contributed by atoms with Crippen molar-refractivity contribution in [2.45, 2.75) is 30.2 Å². The first-order chi connectivity index (χ1) is 9.34. The number of halogens is 2. The number of aliphatic carboxylic acids is 1. The molecule has 5 nitrogen and oxygen atoms in total. The molecule has 8 heteroatoms. The summed E-state index contributed by atoms with van der Waals surface area (Å²) >= 11 is 2.93. The van der Waals surface area contributed by atoms with Gasteiger partial charge >= 0.3 is 5.97 Å². The van der Waals surface area contributed by atoms with Crippen LogP contribution in [0, 0.1) is 5.82 Å². The van der Waals surface area contributed by atoms with Gasteiger partial charge in [-0.25, -0.2) is 12.8 Å². The summed E-state index contributed by atoms with van der Waals surface area (Å²) in [7, 11) is -3.94. The lowest BCUT2D eigenvalue weighted by atomic mass is 10.1. The number of piperidine rings is 1. The van der Waals surface area contributed by atoms with Crippen LogP contribution in [0.4, 0.5) is 4.39 Å². The zero-order valence-electron chi connectivity index (χ0n) is 10.4. The van der Waals surface area contributed by atoms with Gasteiger partial charge in [0, 0.05) is 6.54 Å². The highest BCUT2D eigenvalue weighted by Crippen LogP contribution is 2.27. The van der Waals surface area contributed by atoms with Crippen LogP contribution in [0.2, 0.25) is 0 Å². The number of hydrogen-bond acceptors (Lipinski definition) is 3. The lowest BCUT2D eigenvalue weighted by Crippen LogP contribution is -2.47. The minimum absolute atomic E-state index is 0.0301. The van der Waals surface area contributed by atoms with Crippen LogP contribution in [0.3, 0.4) is 0 Å². The van der Waals surface area contributed by atoms with Crippen LogP contribution in [0.1, 0.15) is 19.3 Å². The Balaban J connectivity index is 2.42. The molecule has 0 amide bonds. The first-order valence-corrected chi connectivity index (χ1v) is 8.27. The number of sulfonamides is 1. The van der Waals surface area contributed by atoms with Gasteiger partial charge in [0.25, 0.3) is 0 Å². The maximum Gasteiger partial charge on any atom is 0.322 e. The molecule has 1 saturated heterocycles. The van der Waals surface area contributed by atoms with Crippen LogP contribution in [0.15, 0.2) is 27.6 Å². The normalized spacial score (nSPS) is 20.8. The Morgan fingerprint density at radius 2 is 2.10 bits per heavy atom. The van der Waals surface area contributed by atoms with Crippen molar-refractivity contribution in [2.24, 2.45) is 0 Å². The van der Waals surface area contributed by atoms with Crippen molar-refractivity contribution < 1.29 is 22.7 Å². The summed E-state index contributed by atoms with van der Waals surface area (Å²) in [6.45, 7) is 0.161. The van der Waals surface area contributed by atoms with Crippen LogP contribution in [0.5, 0.6) is 0 Å². The van der Waals surface area contributed by atoms with E-state index in [0.29, 0.717) is 12.8 Å². The number of benzene rings is 1. The van der Waals surface area contributed by atoms with E-state index in [9.17, 15) is 17.6 Å². The van der Waals surface area contributed by atoms with Gasteiger partial charge < -0.3 is 5.11 Å². The van der Waals surface area contributed by atoms with E-state index in [1.807, 2.05) is 0 Å². The molecule has 1 N–H and O–H groups in total. The summed E-state index contributed by atoms with van der Waals surface area (Å²) < 4.78 is 39.2. The fraction of sp³-hybridized carbons (Fsp3) is 0.417. The van der Waals surface area contributed by atoms with Gasteiger partial charge in [0.1, 0.15) is 11.9 Å². The van der Waals surface area contributed by atoms with Crippen LogP contribution >= 0.6 is 15.9 Å². The number of nitrogens with zero attached hydrogens (tertiary/aromatic N) is 1. The van der Waals surface area contributed by atoms with Crippen molar-refractivity contribution in [2.75, 3.05) is 6.54 Å². The molecule has 20 heavy (non-hydrogen) atoms. The maximum atomic E-state index is 13.2. The predicted molar refractivity (Wildman–Crippen MR) is 73.3 cm³/mol. The third kappa shape index (κ3) is 2.87. The van der Waals surface area contributed by atoms with Crippen LogP contribution in [-0.2, 0) is 14.8 Å². The molecule has 0 aliphatic carbocycles. The summed E-state index contributed by atoms with van der Waals surface area (Å²) in [5.41, 5.74) is 0.